The molecule has 0 radical (unpaired) electrons. The maximum atomic E-state index is 15.1. The van der Waals surface area contributed by atoms with Crippen LogP contribution in [0.5, 0.6) is 0 Å². The molecule has 0 unspecified atom stereocenters. The molecule has 2 aromatic heterocycles. The van der Waals surface area contributed by atoms with E-state index in [-0.39, 0.29) is 11.4 Å². The maximum Gasteiger partial charge on any atom is 0.418 e. The first-order valence-electron chi connectivity index (χ1n) is 20.3. The molecule has 0 saturated carbocycles. The monoisotopic (exact) mass is 828 g/mol. The molecule has 306 valence electrons. The minimum absolute atomic E-state index is 0.127. The molecule has 0 spiro atoms. The van der Waals surface area contributed by atoms with E-state index in [2.05, 4.69) is 24.3 Å². The van der Waals surface area contributed by atoms with Gasteiger partial charge in [-0.05, 0) is 133 Å². The molecule has 0 aliphatic heterocycles. The highest BCUT2D eigenvalue weighted by Crippen LogP contribution is 2.45. The summed E-state index contributed by atoms with van der Waals surface area (Å²) >= 11 is 0. The van der Waals surface area contributed by atoms with Crippen molar-refractivity contribution in [3.8, 4) is 44.8 Å². The topological polar surface area (TPSA) is 9.86 Å². The number of aryl methyl sites for hydroxylation is 4. The van der Waals surface area contributed by atoms with E-state index >= 15 is 26.3 Å². The third kappa shape index (κ3) is 6.44. The van der Waals surface area contributed by atoms with Crippen molar-refractivity contribution in [3.63, 3.8) is 0 Å². The number of para-hydroxylation sites is 2. The summed E-state index contributed by atoms with van der Waals surface area (Å²) in [5.74, 6) is 0. The molecular weight excluding hydrogens is 791 g/mol. The SMILES string of the molecule is Cc1ccc(-c2ccc3c(c2)c2ccccc2n3-c2cc(-c3ccc(C(F)(F)F)c(-n4c5ccccc5c5cc(-c6ccc(C)cc6C)ccc54)c3)ccc2C(F)(F)F)c(C)c1. The van der Waals surface area contributed by atoms with Crippen molar-refractivity contribution in [1.29, 1.82) is 0 Å². The van der Waals surface area contributed by atoms with E-state index in [1.807, 2.05) is 100 Å². The fourth-order valence-corrected chi connectivity index (χ4v) is 9.35. The van der Waals surface area contributed by atoms with Crippen LogP contribution in [0.3, 0.4) is 0 Å². The van der Waals surface area contributed by atoms with Gasteiger partial charge < -0.3 is 9.13 Å². The van der Waals surface area contributed by atoms with E-state index in [1.165, 1.54) is 24.3 Å². The predicted octanol–water partition coefficient (Wildman–Crippen LogP) is 16.2. The fraction of sp³-hybridized carbons (Fsp3) is 0.111. The van der Waals surface area contributed by atoms with Crippen LogP contribution < -0.4 is 0 Å². The quantitative estimate of drug-likeness (QED) is 0.153. The first kappa shape index (κ1) is 39.1. The summed E-state index contributed by atoms with van der Waals surface area (Å²) in [6.45, 7) is 8.12. The molecule has 0 saturated heterocycles. The number of benzene rings is 8. The second-order valence-electron chi connectivity index (χ2n) is 16.3. The highest BCUT2D eigenvalue weighted by molar-refractivity contribution is 6.12. The summed E-state index contributed by atoms with van der Waals surface area (Å²) in [5, 5.41) is 3.11. The van der Waals surface area contributed by atoms with Crippen LogP contribution in [-0.2, 0) is 12.4 Å². The number of fused-ring (bicyclic) bond motifs is 6. The number of rotatable bonds is 5. The fourth-order valence-electron chi connectivity index (χ4n) is 9.35. The molecule has 0 bridgehead atoms. The third-order valence-corrected chi connectivity index (χ3v) is 12.2. The molecule has 62 heavy (non-hydrogen) atoms. The standard InChI is InChI=1S/C54H38F6N2/c1-31-13-19-39(33(3)25-31)37-17-23-49-43(27-37)41-9-5-7-11-47(41)61(49)51-29-35(15-21-45(51)53(55,56)57)36-16-22-46(54(58,59)60)52(30-36)62-48-12-8-6-10-42(48)44-28-38(18-24-50(44)62)40-20-14-32(2)26-34(40)4/h5-30H,1-4H3. The normalized spacial score (nSPS) is 12.4. The summed E-state index contributed by atoms with van der Waals surface area (Å²) < 4.78 is 93.9. The van der Waals surface area contributed by atoms with Gasteiger partial charge in [-0.25, -0.2) is 0 Å². The summed E-state index contributed by atoms with van der Waals surface area (Å²) in [6, 6.07) is 46.3. The third-order valence-electron chi connectivity index (χ3n) is 12.2. The van der Waals surface area contributed by atoms with Crippen molar-refractivity contribution >= 4 is 43.6 Å². The average Bonchev–Trinajstić information content (AvgIpc) is 3.75. The Balaban J connectivity index is 1.19. The van der Waals surface area contributed by atoms with Crippen molar-refractivity contribution in [2.24, 2.45) is 0 Å². The number of hydrogen-bond acceptors (Lipinski definition) is 0. The molecule has 8 aromatic carbocycles. The Labute approximate surface area is 353 Å². The van der Waals surface area contributed by atoms with E-state index in [0.29, 0.717) is 33.2 Å². The molecular formula is C54H38F6N2. The smallest absolute Gasteiger partial charge is 0.309 e. The van der Waals surface area contributed by atoms with Gasteiger partial charge in [0.05, 0.1) is 44.6 Å². The molecule has 0 atom stereocenters. The minimum atomic E-state index is -4.74. The zero-order valence-corrected chi connectivity index (χ0v) is 34.2. The van der Waals surface area contributed by atoms with Crippen LogP contribution in [0.15, 0.2) is 158 Å². The average molecular weight is 829 g/mol. The van der Waals surface area contributed by atoms with E-state index < -0.39 is 23.5 Å². The Kier molecular flexibility index (Phi) is 9.00. The van der Waals surface area contributed by atoms with Gasteiger partial charge in [-0.3, -0.25) is 0 Å². The lowest BCUT2D eigenvalue weighted by atomic mass is 9.97. The van der Waals surface area contributed by atoms with Crippen LogP contribution >= 0.6 is 0 Å². The van der Waals surface area contributed by atoms with Gasteiger partial charge in [0.1, 0.15) is 0 Å². The summed E-state index contributed by atoms with van der Waals surface area (Å²) in [7, 11) is 0. The largest absolute Gasteiger partial charge is 0.418 e. The van der Waals surface area contributed by atoms with Crippen molar-refractivity contribution in [1.82, 2.24) is 9.13 Å². The van der Waals surface area contributed by atoms with Gasteiger partial charge in [-0.1, -0.05) is 108 Å². The molecule has 0 amide bonds. The summed E-state index contributed by atoms with van der Waals surface area (Å²) in [5.41, 5.74) is 9.30. The van der Waals surface area contributed by atoms with Gasteiger partial charge in [0.15, 0.2) is 0 Å². The number of nitrogens with zero attached hydrogens (tertiary/aromatic N) is 2. The van der Waals surface area contributed by atoms with Crippen molar-refractivity contribution in [2.45, 2.75) is 40.0 Å². The Hall–Kier alpha value is -7.06. The molecule has 2 nitrogen and oxygen atoms in total. The van der Waals surface area contributed by atoms with Gasteiger partial charge >= 0.3 is 12.4 Å². The van der Waals surface area contributed by atoms with Crippen LogP contribution in [0, 0.1) is 27.7 Å². The molecule has 0 aliphatic rings. The highest BCUT2D eigenvalue weighted by atomic mass is 19.4. The number of hydrogen-bond donors (Lipinski definition) is 0. The van der Waals surface area contributed by atoms with Crippen molar-refractivity contribution in [2.75, 3.05) is 0 Å². The predicted molar refractivity (Wildman–Crippen MR) is 240 cm³/mol. The lowest BCUT2D eigenvalue weighted by molar-refractivity contribution is -0.138. The van der Waals surface area contributed by atoms with E-state index in [1.54, 1.807) is 33.4 Å². The Morgan fingerprint density at radius 2 is 0.710 bits per heavy atom. The van der Waals surface area contributed by atoms with Gasteiger partial charge in [0.2, 0.25) is 0 Å². The zero-order valence-electron chi connectivity index (χ0n) is 34.2. The van der Waals surface area contributed by atoms with Crippen LogP contribution in [-0.4, -0.2) is 9.13 Å². The van der Waals surface area contributed by atoms with Gasteiger partial charge in [0.25, 0.3) is 0 Å². The molecule has 8 heteroatoms. The Morgan fingerprint density at radius 3 is 1.10 bits per heavy atom. The summed E-state index contributed by atoms with van der Waals surface area (Å²) in [4.78, 5) is 0. The molecule has 0 fully saturated rings. The van der Waals surface area contributed by atoms with E-state index in [4.69, 9.17) is 0 Å². The van der Waals surface area contributed by atoms with Crippen LogP contribution in [0.4, 0.5) is 26.3 Å². The Morgan fingerprint density at radius 1 is 0.339 bits per heavy atom. The van der Waals surface area contributed by atoms with Gasteiger partial charge in [-0.2, -0.15) is 26.3 Å². The van der Waals surface area contributed by atoms with Crippen LogP contribution in [0.1, 0.15) is 33.4 Å². The maximum absolute atomic E-state index is 15.1. The lowest BCUT2D eigenvalue weighted by Gasteiger charge is -2.20. The molecule has 0 aliphatic carbocycles. The lowest BCUT2D eigenvalue weighted by Crippen LogP contribution is -2.12. The highest BCUT2D eigenvalue weighted by Gasteiger charge is 2.37. The first-order chi connectivity index (χ1) is 29.7. The zero-order chi connectivity index (χ0) is 43.2. The van der Waals surface area contributed by atoms with Gasteiger partial charge in [0, 0.05) is 21.5 Å². The van der Waals surface area contributed by atoms with Gasteiger partial charge in [-0.15, -0.1) is 0 Å². The first-order valence-corrected chi connectivity index (χ1v) is 20.3. The summed E-state index contributed by atoms with van der Waals surface area (Å²) in [6.07, 6.45) is -9.48. The molecule has 10 aromatic rings. The van der Waals surface area contributed by atoms with E-state index in [9.17, 15) is 0 Å². The van der Waals surface area contributed by atoms with Crippen molar-refractivity contribution < 1.29 is 26.3 Å². The molecule has 0 N–H and O–H groups in total. The van der Waals surface area contributed by atoms with Crippen molar-refractivity contribution in [3.05, 3.63) is 191 Å². The number of halogens is 6. The minimum Gasteiger partial charge on any atom is -0.309 e. The number of aromatic nitrogens is 2. The van der Waals surface area contributed by atoms with Crippen LogP contribution in [0.2, 0.25) is 0 Å². The van der Waals surface area contributed by atoms with Crippen LogP contribution in [0.25, 0.3) is 88.4 Å². The second kappa shape index (κ2) is 14.3. The number of alkyl halides is 6. The molecule has 2 heterocycles. The second-order valence-corrected chi connectivity index (χ2v) is 16.3. The Bertz CT molecular complexity index is 3210. The van der Waals surface area contributed by atoms with E-state index in [0.717, 1.165) is 78.2 Å². The molecule has 10 rings (SSSR count).